The molecule has 2 aliphatic rings. The number of unbranched alkanes of at least 4 members (excludes halogenated alkanes) is 6. The van der Waals surface area contributed by atoms with Crippen molar-refractivity contribution in [2.24, 2.45) is 25.5 Å². The van der Waals surface area contributed by atoms with Crippen LogP contribution in [0.4, 0.5) is 56.9 Å². The number of nitrogens with zero attached hydrogens (tertiary/aromatic N) is 11. The molecule has 3 N–H and O–H groups in total. The minimum atomic E-state index is -3.51. The van der Waals surface area contributed by atoms with Gasteiger partial charge in [0.25, 0.3) is 10.1 Å². The molecule has 0 radical (unpaired) electrons. The van der Waals surface area contributed by atoms with Gasteiger partial charge in [0, 0.05) is 121 Å². The third kappa shape index (κ3) is 26.0. The molecular weight excluding hydrogens is 1600 g/mol. The number of ether oxygens (including phenoxy) is 2. The summed E-state index contributed by atoms with van der Waals surface area (Å²) in [5, 5.41) is 35.9. The first kappa shape index (κ1) is 92.5. The second kappa shape index (κ2) is 45.6. The van der Waals surface area contributed by atoms with Crippen molar-refractivity contribution in [3.63, 3.8) is 0 Å². The number of fused-ring (bicyclic) bond motifs is 2. The van der Waals surface area contributed by atoms with E-state index in [9.17, 15) is 8.42 Å². The molecule has 0 aliphatic carbocycles. The number of nitrogens with one attached hydrogen (secondary N) is 3. The molecule has 0 spiro atoms. The third-order valence-corrected chi connectivity index (χ3v) is 22.4. The van der Waals surface area contributed by atoms with Crippen molar-refractivity contribution in [3.8, 4) is 11.5 Å². The fourth-order valence-electron chi connectivity index (χ4n) is 14.2. The molecule has 2 unspecified atom stereocenters. The van der Waals surface area contributed by atoms with Gasteiger partial charge < -0.3 is 66.8 Å². The minimum Gasteiger partial charge on any atom is -1.00 e. The summed E-state index contributed by atoms with van der Waals surface area (Å²) in [6, 6.07) is 85.5. The molecule has 0 bridgehead atoms. The van der Waals surface area contributed by atoms with Crippen molar-refractivity contribution >= 4 is 85.6 Å². The molecular formula is C95H111BrCl2N14O5S. The van der Waals surface area contributed by atoms with Crippen LogP contribution in [-0.2, 0) is 38.2 Å². The van der Waals surface area contributed by atoms with Crippen LogP contribution in [0.5, 0.6) is 11.5 Å². The second-order valence-electron chi connectivity index (χ2n) is 29.8. The summed E-state index contributed by atoms with van der Waals surface area (Å²) >= 11 is 0. The van der Waals surface area contributed by atoms with Crippen LogP contribution < -0.4 is 95.9 Å². The molecule has 2 atom stereocenters. The van der Waals surface area contributed by atoms with Crippen molar-refractivity contribution in [3.05, 3.63) is 319 Å². The van der Waals surface area contributed by atoms with Gasteiger partial charge in [0.05, 0.1) is 85.8 Å². The summed E-state index contributed by atoms with van der Waals surface area (Å²) in [7, 11) is 6.95. The maximum Gasteiger partial charge on any atom is 0.296 e. The van der Waals surface area contributed by atoms with Gasteiger partial charge in [-0.05, 0) is 204 Å². The molecule has 11 aromatic rings. The summed E-state index contributed by atoms with van der Waals surface area (Å²) < 4.78 is 41.6. The molecule has 0 saturated heterocycles. The van der Waals surface area contributed by atoms with E-state index in [0.29, 0.717) is 0 Å². The highest BCUT2D eigenvalue weighted by Crippen LogP contribution is 2.48. The van der Waals surface area contributed by atoms with Crippen LogP contribution in [0.25, 0.3) is 0 Å². The molecule has 0 saturated carbocycles. The van der Waals surface area contributed by atoms with Gasteiger partial charge >= 0.3 is 0 Å². The van der Waals surface area contributed by atoms with Crippen LogP contribution in [0.1, 0.15) is 107 Å². The van der Waals surface area contributed by atoms with Gasteiger partial charge in [-0.3, -0.25) is 24.1 Å². The summed E-state index contributed by atoms with van der Waals surface area (Å²) in [6.07, 6.45) is 25.9. The Morgan fingerprint density at radius 2 is 0.924 bits per heavy atom. The number of quaternary nitrogens is 1. The first-order valence-electron chi connectivity index (χ1n) is 39.5. The highest BCUT2D eigenvalue weighted by atomic mass is 79.9. The molecule has 23 heteroatoms. The smallest absolute Gasteiger partial charge is 0.296 e. The first-order valence-corrected chi connectivity index (χ1v) is 40.9. The average molecular weight is 1710 g/mol. The lowest BCUT2D eigenvalue weighted by atomic mass is 9.81. The van der Waals surface area contributed by atoms with E-state index >= 15 is 0 Å². The zero-order valence-corrected chi connectivity index (χ0v) is 73.3. The standard InChI is InChI=1S/C44H52N7O.C43H48N7O.C8H10O3S.BrH.2ClH/c1-44(2)41-17-11-12-18-42(41)51(43(44)34-46-49(4)39-23-19-36(20-24-39)47-37-21-25-40(52-5)26-22-37)30-14-7-6-13-29-50-31-27-35(28-32-50)33-45-48(3)38-15-9-8-10-16-38;1-43(2)40-16-10-11-17-41(40)50(42(43)33-44-47-37-20-18-35(19-21-37)46-36-22-24-39(51-4)25-23-36)29-13-6-5-12-28-49-30-26-34(27-31-49)32-45-48(3)38-14-8-7-9-15-38;1-7-3-5-8(6-4-7)12(9,10)11-2;;;/h8-12,15-28,31-34,43,47H,6-7,13-14,29-30H2,1-5H3;7-11,14-27,30-33,46H,5-6,12-13,28-29H2,1-4H3;3-6H,1-2H3;3*1H/q2*+1;;;;/p-2/b46-34+;42-33+,47-44?;;;;. The lowest BCUT2D eigenvalue weighted by Gasteiger charge is -2.27. The second-order valence-corrected chi connectivity index (χ2v) is 31.6. The van der Waals surface area contributed by atoms with Crippen LogP contribution in [0.3, 0.4) is 0 Å². The number of pyridine rings is 2. The van der Waals surface area contributed by atoms with Crippen LogP contribution in [0.15, 0.2) is 322 Å². The number of allylic oxidation sites excluding steroid dienone is 1. The Bertz CT molecular complexity index is 5130. The van der Waals surface area contributed by atoms with Crippen LogP contribution in [0, 0.1) is 6.92 Å². The Hall–Kier alpha value is -11.0. The Labute approximate surface area is 721 Å². The predicted octanol–water partition coefficient (Wildman–Crippen LogP) is 10.3. The van der Waals surface area contributed by atoms with Gasteiger partial charge in [0.1, 0.15) is 36.3 Å². The van der Waals surface area contributed by atoms with E-state index in [2.05, 4.69) is 229 Å². The van der Waals surface area contributed by atoms with E-state index in [-0.39, 0.29) is 63.6 Å². The number of hydrogen-bond acceptors (Lipinski definition) is 16. The summed E-state index contributed by atoms with van der Waals surface area (Å²) in [4.78, 5) is 4.15. The van der Waals surface area contributed by atoms with Gasteiger partial charge in [-0.15, -0.1) is 0 Å². The van der Waals surface area contributed by atoms with Crippen molar-refractivity contribution in [2.75, 3.05) is 86.1 Å². The van der Waals surface area contributed by atoms with E-state index in [1.807, 2.05) is 171 Å². The Kier molecular flexibility index (Phi) is 35.8. The number of azo groups is 1. The Balaban J connectivity index is 0.000000252. The highest BCUT2D eigenvalue weighted by Gasteiger charge is 2.48. The molecule has 618 valence electrons. The fourth-order valence-corrected chi connectivity index (χ4v) is 14.9. The topological polar surface area (TPSA) is 173 Å². The maximum absolute atomic E-state index is 11.1. The lowest BCUT2D eigenvalue weighted by Crippen LogP contribution is -3.11. The third-order valence-electron chi connectivity index (χ3n) is 21.1. The molecule has 118 heavy (non-hydrogen) atoms. The van der Waals surface area contributed by atoms with Gasteiger partial charge in [0.15, 0.2) is 24.8 Å². The van der Waals surface area contributed by atoms with Crippen LogP contribution in [0.2, 0.25) is 0 Å². The molecule has 2 aromatic heterocycles. The monoisotopic (exact) mass is 1710 g/mol. The van der Waals surface area contributed by atoms with Crippen molar-refractivity contribution < 1.29 is 77.9 Å². The maximum atomic E-state index is 11.1. The molecule has 19 nitrogen and oxygen atoms in total. The number of anilines is 8. The van der Waals surface area contributed by atoms with E-state index in [4.69, 9.17) is 14.6 Å². The Morgan fingerprint density at radius 3 is 1.42 bits per heavy atom. The van der Waals surface area contributed by atoms with Gasteiger partial charge in [-0.25, -0.2) is 9.13 Å². The number of benzene rings is 9. The lowest BCUT2D eigenvalue weighted by molar-refractivity contribution is -0.845. The van der Waals surface area contributed by atoms with E-state index < -0.39 is 10.1 Å². The van der Waals surface area contributed by atoms with Crippen molar-refractivity contribution in [1.82, 2.24) is 0 Å². The predicted molar refractivity (Wildman–Crippen MR) is 471 cm³/mol. The fraction of sp³-hybridized carbons (Fsp3) is 0.274. The first-order chi connectivity index (χ1) is 55.8. The number of aromatic nitrogens is 2. The number of halogens is 3. The zero-order valence-electron chi connectivity index (χ0n) is 69.4. The number of rotatable bonds is 33. The van der Waals surface area contributed by atoms with E-state index in [1.54, 1.807) is 26.4 Å². The highest BCUT2D eigenvalue weighted by molar-refractivity contribution is 7.86. The number of para-hydroxylation sites is 4. The average Bonchev–Trinajstić information content (AvgIpc) is 1.60. The zero-order chi connectivity index (χ0) is 81.0. The summed E-state index contributed by atoms with van der Waals surface area (Å²) in [5.41, 5.74) is 17.6. The largest absolute Gasteiger partial charge is 1.00 e. The normalized spacial score (nSPS) is 14.5. The molecule has 9 aromatic carbocycles. The van der Waals surface area contributed by atoms with Gasteiger partial charge in [0.2, 0.25) is 0 Å². The van der Waals surface area contributed by atoms with E-state index in [0.717, 1.165) is 126 Å². The molecule has 4 heterocycles. The summed E-state index contributed by atoms with van der Waals surface area (Å²) in [6.45, 7) is 15.3. The molecule has 0 amide bonds. The molecule has 2 aliphatic heterocycles. The van der Waals surface area contributed by atoms with Crippen LogP contribution >= 0.6 is 0 Å². The van der Waals surface area contributed by atoms with Crippen molar-refractivity contribution in [1.29, 1.82) is 0 Å². The van der Waals surface area contributed by atoms with Crippen molar-refractivity contribution in [2.45, 2.75) is 121 Å². The quantitative estimate of drug-likeness (QED) is 0.00893. The van der Waals surface area contributed by atoms with Gasteiger partial charge in [-0.2, -0.15) is 34.0 Å². The number of hydrogen-bond donors (Lipinski definition) is 3. The summed E-state index contributed by atoms with van der Waals surface area (Å²) in [5.74, 6) is 1.68. The number of methoxy groups -OCH3 is 2. The number of aryl methyl sites for hydroxylation is 3. The SMILES string of the molecule is COS(=O)(=O)c1ccc(C)cc1.COc1ccc(Nc2ccc(N(C)/N=C/C3[NH+](CCCCCC[n+]4ccc(/C=N/N(C)c5ccccc5)cc4)c4ccccc4C3(C)C)cc2)cc1.COc1ccc(Nc2ccc(N=N/C=C3/N(CCCCCC[n+]4ccc(/C=N/N(C)c5ccccc5)cc4)c4ccccc4C3(C)C)cc2)cc1.[Br-].[Cl-].[Cl-]. The molecule has 0 fully saturated rings. The molecule has 13 rings (SSSR count). The minimum absolute atomic E-state index is 0. The van der Waals surface area contributed by atoms with Gasteiger partial charge in [-0.1, -0.05) is 111 Å². The number of hydrazone groups is 3. The van der Waals surface area contributed by atoms with Crippen LogP contribution in [-0.4, -0.2) is 88.7 Å². The Morgan fingerprint density at radius 1 is 0.492 bits per heavy atom. The van der Waals surface area contributed by atoms with E-state index in [1.165, 1.54) is 77.3 Å².